The summed E-state index contributed by atoms with van der Waals surface area (Å²) in [6.45, 7) is 4.06. The number of nitrogens with one attached hydrogen (secondary N) is 2. The maximum atomic E-state index is 13.0. The van der Waals surface area contributed by atoms with Crippen LogP contribution in [0.4, 0.5) is 4.39 Å². The summed E-state index contributed by atoms with van der Waals surface area (Å²) in [5.74, 6) is -0.250. The van der Waals surface area contributed by atoms with Gasteiger partial charge in [0.1, 0.15) is 5.82 Å². The minimum absolute atomic E-state index is 0.0629. The van der Waals surface area contributed by atoms with Crippen molar-refractivity contribution in [2.75, 3.05) is 0 Å². The summed E-state index contributed by atoms with van der Waals surface area (Å²) in [6.07, 6.45) is 4.21. The zero-order chi connectivity index (χ0) is 15.7. The Morgan fingerprint density at radius 3 is 2.68 bits per heavy atom. The van der Waals surface area contributed by atoms with Gasteiger partial charge in [-0.1, -0.05) is 0 Å². The van der Waals surface area contributed by atoms with Crippen molar-refractivity contribution in [3.63, 3.8) is 0 Å². The molecule has 1 aromatic heterocycles. The molecule has 0 spiro atoms. The predicted molar refractivity (Wildman–Crippen MR) is 88.6 cm³/mol. The van der Waals surface area contributed by atoms with Crippen LogP contribution >= 0.6 is 12.2 Å². The first-order valence-electron chi connectivity index (χ1n) is 7.42. The van der Waals surface area contributed by atoms with Crippen LogP contribution in [0.2, 0.25) is 0 Å². The highest BCUT2D eigenvalue weighted by Crippen LogP contribution is 2.21. The Morgan fingerprint density at radius 1 is 1.36 bits per heavy atom. The summed E-state index contributed by atoms with van der Waals surface area (Å²) in [5.41, 5.74) is 2.93. The lowest BCUT2D eigenvalue weighted by atomic mass is 10.1. The van der Waals surface area contributed by atoms with Gasteiger partial charge in [0.25, 0.3) is 0 Å². The summed E-state index contributed by atoms with van der Waals surface area (Å²) < 4.78 is 14.8. The zero-order valence-electron chi connectivity index (χ0n) is 12.6. The van der Waals surface area contributed by atoms with E-state index in [4.69, 9.17) is 12.2 Å². The molecule has 0 saturated heterocycles. The molecule has 1 fully saturated rings. The highest BCUT2D eigenvalue weighted by molar-refractivity contribution is 7.80. The number of benzene rings is 1. The van der Waals surface area contributed by atoms with E-state index in [1.54, 1.807) is 12.1 Å². The Kier molecular flexibility index (Phi) is 4.11. The van der Waals surface area contributed by atoms with Crippen molar-refractivity contribution in [2.24, 2.45) is 0 Å². The molecule has 1 aromatic carbocycles. The second-order valence-electron chi connectivity index (χ2n) is 5.69. The average molecular weight is 318 g/mol. The number of nitrogens with zero attached hydrogens (tertiary/aromatic N) is 2. The summed E-state index contributed by atoms with van der Waals surface area (Å²) in [4.78, 5) is 0. The standard InChI is InChI=1S/C16H19FN4S/c1-10(19-16(22)20-13-5-6-13)15-9-18-21(11(15)2)14-7-3-12(17)4-8-14/h3-4,7-10,13H,5-6H2,1-2H3,(H2,19,20,22)/t10-/m0/s1. The van der Waals surface area contributed by atoms with Gasteiger partial charge >= 0.3 is 0 Å². The topological polar surface area (TPSA) is 41.9 Å². The summed E-state index contributed by atoms with van der Waals surface area (Å²) in [6, 6.07) is 6.91. The highest BCUT2D eigenvalue weighted by atomic mass is 32.1. The molecule has 1 aliphatic carbocycles. The molecule has 1 aliphatic rings. The molecule has 1 saturated carbocycles. The number of hydrogen-bond acceptors (Lipinski definition) is 2. The first-order valence-corrected chi connectivity index (χ1v) is 7.83. The van der Waals surface area contributed by atoms with Gasteiger partial charge in [-0.05, 0) is 63.2 Å². The van der Waals surface area contributed by atoms with Gasteiger partial charge in [0.2, 0.25) is 0 Å². The minimum atomic E-state index is -0.250. The monoisotopic (exact) mass is 318 g/mol. The fourth-order valence-corrected chi connectivity index (χ4v) is 2.76. The quantitative estimate of drug-likeness (QED) is 0.851. The molecule has 0 unspecified atom stereocenters. The molecule has 0 radical (unpaired) electrons. The molecule has 2 N–H and O–H groups in total. The fraction of sp³-hybridized carbons (Fsp3) is 0.375. The molecule has 0 bridgehead atoms. The highest BCUT2D eigenvalue weighted by Gasteiger charge is 2.23. The van der Waals surface area contributed by atoms with Crippen LogP contribution in [0.3, 0.4) is 0 Å². The fourth-order valence-electron chi connectivity index (χ4n) is 2.42. The van der Waals surface area contributed by atoms with Crippen LogP contribution in [0, 0.1) is 12.7 Å². The molecule has 1 heterocycles. The van der Waals surface area contributed by atoms with Crippen molar-refractivity contribution in [3.8, 4) is 5.69 Å². The van der Waals surface area contributed by atoms with E-state index in [0.29, 0.717) is 11.2 Å². The zero-order valence-corrected chi connectivity index (χ0v) is 13.5. The van der Waals surface area contributed by atoms with Crippen molar-refractivity contribution in [1.82, 2.24) is 20.4 Å². The average Bonchev–Trinajstić information content (AvgIpc) is 3.20. The third kappa shape index (κ3) is 3.27. The van der Waals surface area contributed by atoms with Crippen LogP contribution in [-0.2, 0) is 0 Å². The Balaban J connectivity index is 1.74. The van der Waals surface area contributed by atoms with Gasteiger partial charge in [-0.15, -0.1) is 0 Å². The van der Waals surface area contributed by atoms with Crippen molar-refractivity contribution in [2.45, 2.75) is 38.8 Å². The van der Waals surface area contributed by atoms with E-state index in [9.17, 15) is 4.39 Å². The molecule has 4 nitrogen and oxygen atoms in total. The van der Waals surface area contributed by atoms with Crippen LogP contribution in [-0.4, -0.2) is 20.9 Å². The second kappa shape index (κ2) is 6.04. The van der Waals surface area contributed by atoms with E-state index < -0.39 is 0 Å². The Bertz CT molecular complexity index is 676. The predicted octanol–water partition coefficient (Wildman–Crippen LogP) is 3.01. The largest absolute Gasteiger partial charge is 0.360 e. The molecule has 6 heteroatoms. The van der Waals surface area contributed by atoms with Gasteiger partial charge in [-0.3, -0.25) is 0 Å². The maximum Gasteiger partial charge on any atom is 0.166 e. The lowest BCUT2D eigenvalue weighted by Crippen LogP contribution is -2.38. The molecule has 0 amide bonds. The number of thiocarbonyl (C=S) groups is 1. The van der Waals surface area contributed by atoms with Gasteiger partial charge in [0, 0.05) is 17.3 Å². The SMILES string of the molecule is Cc1c([C@H](C)NC(=S)NC2CC2)cnn1-c1ccc(F)cc1. The maximum absolute atomic E-state index is 13.0. The minimum Gasteiger partial charge on any atom is -0.360 e. The molecular weight excluding hydrogens is 299 g/mol. The first-order chi connectivity index (χ1) is 10.5. The Labute approximate surface area is 134 Å². The van der Waals surface area contributed by atoms with E-state index in [0.717, 1.165) is 16.9 Å². The molecule has 22 heavy (non-hydrogen) atoms. The normalized spacial score (nSPS) is 15.4. The molecule has 3 rings (SSSR count). The summed E-state index contributed by atoms with van der Waals surface area (Å²) in [7, 11) is 0. The lowest BCUT2D eigenvalue weighted by Gasteiger charge is -2.17. The number of rotatable bonds is 4. The smallest absolute Gasteiger partial charge is 0.166 e. The summed E-state index contributed by atoms with van der Waals surface area (Å²) >= 11 is 5.31. The molecule has 1 atom stereocenters. The number of halogens is 1. The van der Waals surface area contributed by atoms with Crippen molar-refractivity contribution in [3.05, 3.63) is 47.5 Å². The van der Waals surface area contributed by atoms with Crippen molar-refractivity contribution in [1.29, 1.82) is 0 Å². The molecule has 0 aliphatic heterocycles. The van der Waals surface area contributed by atoms with Crippen molar-refractivity contribution < 1.29 is 4.39 Å². The van der Waals surface area contributed by atoms with Gasteiger partial charge in [0.15, 0.2) is 5.11 Å². The van der Waals surface area contributed by atoms with Crippen LogP contribution in [0.1, 0.15) is 37.1 Å². The van der Waals surface area contributed by atoms with Gasteiger partial charge in [-0.25, -0.2) is 9.07 Å². The lowest BCUT2D eigenvalue weighted by molar-refractivity contribution is 0.626. The van der Waals surface area contributed by atoms with E-state index in [2.05, 4.69) is 22.7 Å². The third-order valence-corrected chi connectivity index (χ3v) is 4.08. The van der Waals surface area contributed by atoms with E-state index in [-0.39, 0.29) is 11.9 Å². The third-order valence-electron chi connectivity index (χ3n) is 3.85. The van der Waals surface area contributed by atoms with E-state index in [1.807, 2.05) is 17.8 Å². The Morgan fingerprint density at radius 2 is 2.05 bits per heavy atom. The molecule has 116 valence electrons. The number of aromatic nitrogens is 2. The van der Waals surface area contributed by atoms with Crippen molar-refractivity contribution >= 4 is 17.3 Å². The molecular formula is C16H19FN4S. The van der Waals surface area contributed by atoms with Crippen LogP contribution in [0.15, 0.2) is 30.5 Å². The van der Waals surface area contributed by atoms with Crippen LogP contribution in [0.5, 0.6) is 0 Å². The van der Waals surface area contributed by atoms with E-state index >= 15 is 0 Å². The first kappa shape index (κ1) is 15.0. The van der Waals surface area contributed by atoms with Gasteiger partial charge in [-0.2, -0.15) is 5.10 Å². The van der Waals surface area contributed by atoms with Gasteiger partial charge in [0.05, 0.1) is 17.9 Å². The summed E-state index contributed by atoms with van der Waals surface area (Å²) in [5, 5.41) is 11.7. The molecule has 2 aromatic rings. The van der Waals surface area contributed by atoms with Crippen LogP contribution < -0.4 is 10.6 Å². The van der Waals surface area contributed by atoms with Gasteiger partial charge < -0.3 is 10.6 Å². The second-order valence-corrected chi connectivity index (χ2v) is 6.10. The van der Waals surface area contributed by atoms with E-state index in [1.165, 1.54) is 25.0 Å². The Hall–Kier alpha value is -1.95. The van der Waals surface area contributed by atoms with Crippen LogP contribution in [0.25, 0.3) is 5.69 Å². The number of hydrogen-bond donors (Lipinski definition) is 2.